The second-order valence-electron chi connectivity index (χ2n) is 8.35. The number of benzene rings is 2. The van der Waals surface area contributed by atoms with Gasteiger partial charge in [0.1, 0.15) is 17.6 Å². The van der Waals surface area contributed by atoms with Gasteiger partial charge in [0, 0.05) is 27.8 Å². The van der Waals surface area contributed by atoms with Gasteiger partial charge in [-0.05, 0) is 37.6 Å². The highest BCUT2D eigenvalue weighted by Crippen LogP contribution is 2.29. The number of nitrogens with one attached hydrogen (secondary N) is 1. The number of phenols is 1. The molecule has 5 rings (SSSR count). The highest BCUT2D eigenvalue weighted by atomic mass is 16.7. The number of aromatic hydroxyl groups is 1. The quantitative estimate of drug-likeness (QED) is 0.369. The van der Waals surface area contributed by atoms with Crippen molar-refractivity contribution in [2.75, 3.05) is 0 Å². The predicted octanol–water partition coefficient (Wildman–Crippen LogP) is 1.04. The minimum Gasteiger partial charge on any atom is -0.507 e. The fourth-order valence-corrected chi connectivity index (χ4v) is 4.62. The third-order valence-electron chi connectivity index (χ3n) is 6.17. The van der Waals surface area contributed by atoms with E-state index in [1.54, 1.807) is 26.0 Å². The maximum absolute atomic E-state index is 13.5. The molecule has 2 aliphatic carbocycles. The zero-order chi connectivity index (χ0) is 22.9. The van der Waals surface area contributed by atoms with Crippen LogP contribution in [0.2, 0.25) is 0 Å². The first-order chi connectivity index (χ1) is 15.2. The van der Waals surface area contributed by atoms with Crippen molar-refractivity contribution >= 4 is 21.5 Å². The van der Waals surface area contributed by atoms with Gasteiger partial charge in [-0.15, -0.1) is 0 Å². The molecule has 1 aliphatic heterocycles. The van der Waals surface area contributed by atoms with E-state index in [0.29, 0.717) is 10.9 Å². The minimum atomic E-state index is -1.06. The number of aliphatic hydroxyl groups is 2. The SMILES string of the molecule is Cc1cc(O)c2c3c(=O)c4cccc(OC5CC(O)C(O)C(C)O5)c4c(=O)c=3c(=N)c2c1. The zero-order valence-electron chi connectivity index (χ0n) is 17.4. The molecule has 1 heterocycles. The highest BCUT2D eigenvalue weighted by molar-refractivity contribution is 5.95. The molecule has 2 aromatic rings. The lowest BCUT2D eigenvalue weighted by Crippen LogP contribution is -2.48. The number of aryl methyl sites for hydroxylation is 1. The van der Waals surface area contributed by atoms with Crippen LogP contribution in [-0.4, -0.2) is 39.9 Å². The Morgan fingerprint density at radius 3 is 2.53 bits per heavy atom. The van der Waals surface area contributed by atoms with Crippen LogP contribution in [0.25, 0.3) is 21.5 Å². The minimum absolute atomic E-state index is 0.0142. The summed E-state index contributed by atoms with van der Waals surface area (Å²) in [5.41, 5.74) is -0.319. The van der Waals surface area contributed by atoms with Gasteiger partial charge in [0.05, 0.1) is 28.2 Å². The fraction of sp³-hybridized carbons (Fsp3) is 0.292. The lowest BCUT2D eigenvalue weighted by molar-refractivity contribution is -0.216. The van der Waals surface area contributed by atoms with E-state index < -0.39 is 35.5 Å². The Labute approximate surface area is 180 Å². The van der Waals surface area contributed by atoms with E-state index in [2.05, 4.69) is 0 Å². The molecule has 4 N–H and O–H groups in total. The maximum atomic E-state index is 13.5. The lowest BCUT2D eigenvalue weighted by atomic mass is 10.0. The number of ether oxygens (including phenoxy) is 2. The van der Waals surface area contributed by atoms with Crippen molar-refractivity contribution in [2.45, 2.75) is 44.9 Å². The summed E-state index contributed by atoms with van der Waals surface area (Å²) in [4.78, 5) is 26.9. The normalized spacial score (nSPS) is 23.9. The van der Waals surface area contributed by atoms with Gasteiger partial charge in [-0.3, -0.25) is 15.0 Å². The fourth-order valence-electron chi connectivity index (χ4n) is 4.62. The molecule has 0 aromatic heterocycles. The Morgan fingerprint density at radius 1 is 1.06 bits per heavy atom. The number of fused-ring (bicyclic) bond motifs is 3. The number of rotatable bonds is 2. The van der Waals surface area contributed by atoms with Gasteiger partial charge in [0.15, 0.2) is 10.9 Å². The van der Waals surface area contributed by atoms with E-state index in [-0.39, 0.29) is 49.9 Å². The van der Waals surface area contributed by atoms with Crippen LogP contribution < -0.4 is 21.0 Å². The van der Waals surface area contributed by atoms with Gasteiger partial charge in [0.25, 0.3) is 0 Å². The van der Waals surface area contributed by atoms with Crippen LogP contribution in [0, 0.1) is 22.8 Å². The monoisotopic (exact) mass is 435 g/mol. The molecular weight excluding hydrogens is 414 g/mol. The molecule has 1 saturated heterocycles. The molecule has 0 radical (unpaired) electrons. The van der Waals surface area contributed by atoms with Crippen LogP contribution in [0.4, 0.5) is 0 Å². The summed E-state index contributed by atoms with van der Waals surface area (Å²) >= 11 is 0. The van der Waals surface area contributed by atoms with Crippen molar-refractivity contribution < 1.29 is 24.8 Å². The average molecular weight is 435 g/mol. The molecule has 0 bridgehead atoms. The standard InChI is InChI=1S/C24H21NO7/c1-9-6-12-17(13(26)7-9)19-20(21(12)25)24(30)18-11(23(19)29)4-3-5-15(18)32-16-8-14(27)22(28)10(2)31-16/h3-7,10,14,16,22,25-28H,8H2,1-2H3. The summed E-state index contributed by atoms with van der Waals surface area (Å²) in [6.45, 7) is 3.35. The average Bonchev–Trinajstić information content (AvgIpc) is 3.03. The largest absolute Gasteiger partial charge is 0.507 e. The first kappa shape index (κ1) is 20.6. The lowest BCUT2D eigenvalue weighted by Gasteiger charge is -2.35. The first-order valence-corrected chi connectivity index (χ1v) is 10.3. The Kier molecular flexibility index (Phi) is 4.56. The Bertz CT molecular complexity index is 1590. The third kappa shape index (κ3) is 2.84. The number of hydrogen-bond donors (Lipinski definition) is 4. The maximum Gasteiger partial charge on any atom is 0.202 e. The Morgan fingerprint density at radius 2 is 1.81 bits per heavy atom. The van der Waals surface area contributed by atoms with Crippen LogP contribution >= 0.6 is 0 Å². The van der Waals surface area contributed by atoms with Crippen molar-refractivity contribution in [2.24, 2.45) is 0 Å². The van der Waals surface area contributed by atoms with Crippen LogP contribution in [0.15, 0.2) is 39.9 Å². The summed E-state index contributed by atoms with van der Waals surface area (Å²) in [6.07, 6.45) is -3.74. The van der Waals surface area contributed by atoms with Crippen LogP contribution in [0.5, 0.6) is 11.5 Å². The summed E-state index contributed by atoms with van der Waals surface area (Å²) in [5, 5.41) is 39.5. The van der Waals surface area contributed by atoms with Gasteiger partial charge in [-0.2, -0.15) is 0 Å². The molecule has 4 atom stereocenters. The molecule has 2 aromatic carbocycles. The first-order valence-electron chi connectivity index (χ1n) is 10.3. The van der Waals surface area contributed by atoms with Crippen molar-refractivity contribution in [3.8, 4) is 11.5 Å². The van der Waals surface area contributed by atoms with E-state index in [4.69, 9.17) is 14.9 Å². The van der Waals surface area contributed by atoms with E-state index in [1.165, 1.54) is 18.2 Å². The highest BCUT2D eigenvalue weighted by Gasteiger charge is 2.35. The van der Waals surface area contributed by atoms with E-state index in [0.717, 1.165) is 0 Å². The molecule has 0 saturated carbocycles. The molecule has 0 amide bonds. The molecule has 164 valence electrons. The smallest absolute Gasteiger partial charge is 0.202 e. The molecule has 8 heteroatoms. The molecule has 32 heavy (non-hydrogen) atoms. The number of hydrogen-bond acceptors (Lipinski definition) is 8. The van der Waals surface area contributed by atoms with Crippen LogP contribution in [-0.2, 0) is 4.74 Å². The molecule has 3 aliphatic rings. The summed E-state index contributed by atoms with van der Waals surface area (Å²) in [6, 6.07) is 7.76. The van der Waals surface area contributed by atoms with Crippen LogP contribution in [0.3, 0.4) is 0 Å². The van der Waals surface area contributed by atoms with Gasteiger partial charge in [-0.25, -0.2) is 0 Å². The molecular formula is C24H21NO7. The molecule has 1 fully saturated rings. The summed E-state index contributed by atoms with van der Waals surface area (Å²) in [5.74, 6) is -0.0544. The van der Waals surface area contributed by atoms with Gasteiger partial charge in [0.2, 0.25) is 6.29 Å². The van der Waals surface area contributed by atoms with Crippen molar-refractivity contribution in [3.63, 3.8) is 0 Å². The third-order valence-corrected chi connectivity index (χ3v) is 6.17. The molecule has 4 unspecified atom stereocenters. The second kappa shape index (κ2) is 7.09. The van der Waals surface area contributed by atoms with Crippen molar-refractivity contribution in [1.29, 1.82) is 5.41 Å². The molecule has 8 nitrogen and oxygen atoms in total. The van der Waals surface area contributed by atoms with Crippen LogP contribution in [0.1, 0.15) is 18.9 Å². The zero-order valence-corrected chi connectivity index (χ0v) is 17.4. The van der Waals surface area contributed by atoms with Gasteiger partial charge < -0.3 is 24.8 Å². The van der Waals surface area contributed by atoms with Gasteiger partial charge in [-0.1, -0.05) is 12.1 Å². The predicted molar refractivity (Wildman–Crippen MR) is 116 cm³/mol. The van der Waals surface area contributed by atoms with Crippen molar-refractivity contribution in [1.82, 2.24) is 0 Å². The Balaban J connectivity index is 1.80. The summed E-state index contributed by atoms with van der Waals surface area (Å²) in [7, 11) is 0. The van der Waals surface area contributed by atoms with E-state index in [1.807, 2.05) is 0 Å². The Hall–Kier alpha value is -3.33. The second-order valence-corrected chi connectivity index (χ2v) is 8.35. The van der Waals surface area contributed by atoms with E-state index >= 15 is 0 Å². The summed E-state index contributed by atoms with van der Waals surface area (Å²) < 4.78 is 11.5. The number of phenolic OH excluding ortho intramolecular Hbond substituents is 1. The molecule has 0 spiro atoms. The van der Waals surface area contributed by atoms with Crippen molar-refractivity contribution in [3.05, 3.63) is 72.1 Å². The van der Waals surface area contributed by atoms with Gasteiger partial charge >= 0.3 is 0 Å². The number of aliphatic hydroxyl groups excluding tert-OH is 2. The van der Waals surface area contributed by atoms with E-state index in [9.17, 15) is 24.9 Å². The topological polar surface area (TPSA) is 137 Å².